The summed E-state index contributed by atoms with van der Waals surface area (Å²) >= 11 is 3.25. The van der Waals surface area contributed by atoms with Crippen LogP contribution in [0.4, 0.5) is 4.39 Å². The fraction of sp³-hybridized carbons (Fsp3) is 0.357. The van der Waals surface area contributed by atoms with E-state index in [2.05, 4.69) is 36.3 Å². The third-order valence-electron chi connectivity index (χ3n) is 3.21. The first-order valence-electron chi connectivity index (χ1n) is 6.70. The molecule has 8 heteroatoms. The van der Waals surface area contributed by atoms with E-state index < -0.39 is 0 Å². The van der Waals surface area contributed by atoms with Crippen LogP contribution >= 0.6 is 15.9 Å². The molecule has 2 rings (SSSR count). The second-order valence-corrected chi connectivity index (χ2v) is 5.71. The molecule has 1 aromatic carbocycles. The number of hydrogen-bond donors (Lipinski definition) is 1. The maximum Gasteiger partial charge on any atom is 0.194 e. The van der Waals surface area contributed by atoms with Crippen LogP contribution in [0.3, 0.4) is 0 Å². The molecule has 0 bridgehead atoms. The van der Waals surface area contributed by atoms with Gasteiger partial charge < -0.3 is 10.2 Å². The molecule has 0 saturated heterocycles. The van der Waals surface area contributed by atoms with Gasteiger partial charge in [0.15, 0.2) is 5.96 Å². The van der Waals surface area contributed by atoms with E-state index in [4.69, 9.17) is 0 Å². The number of hydrogen-bond acceptors (Lipinski definition) is 3. The summed E-state index contributed by atoms with van der Waals surface area (Å²) in [4.78, 5) is 10.3. The molecule has 0 atom stereocenters. The summed E-state index contributed by atoms with van der Waals surface area (Å²) in [6.07, 6.45) is 1.51. The largest absolute Gasteiger partial charge is 0.352 e. The number of halogens is 2. The molecular formula is C14H18BrFN6. The van der Waals surface area contributed by atoms with Crippen LogP contribution in [-0.4, -0.2) is 39.7 Å². The van der Waals surface area contributed by atoms with Gasteiger partial charge in [0.2, 0.25) is 0 Å². The van der Waals surface area contributed by atoms with Crippen molar-refractivity contribution in [3.63, 3.8) is 0 Å². The van der Waals surface area contributed by atoms with Crippen molar-refractivity contribution in [1.29, 1.82) is 0 Å². The molecule has 0 unspecified atom stereocenters. The van der Waals surface area contributed by atoms with Gasteiger partial charge >= 0.3 is 0 Å². The van der Waals surface area contributed by atoms with Crippen LogP contribution in [0.15, 0.2) is 34.0 Å². The minimum atomic E-state index is -0.256. The highest BCUT2D eigenvalue weighted by atomic mass is 79.9. The van der Waals surface area contributed by atoms with Crippen molar-refractivity contribution in [2.24, 2.45) is 12.0 Å². The van der Waals surface area contributed by atoms with Crippen LogP contribution in [0.1, 0.15) is 11.4 Å². The highest BCUT2D eigenvalue weighted by molar-refractivity contribution is 9.10. The fourth-order valence-electron chi connectivity index (χ4n) is 1.97. The van der Waals surface area contributed by atoms with Gasteiger partial charge in [0.05, 0.1) is 6.54 Å². The Morgan fingerprint density at radius 3 is 2.86 bits per heavy atom. The number of rotatable bonds is 4. The second kappa shape index (κ2) is 7.35. The summed E-state index contributed by atoms with van der Waals surface area (Å²) in [7, 11) is 5.42. The molecule has 1 aromatic heterocycles. The molecule has 0 fully saturated rings. The van der Waals surface area contributed by atoms with Gasteiger partial charge in [0.25, 0.3) is 0 Å². The first-order valence-corrected chi connectivity index (χ1v) is 7.49. The van der Waals surface area contributed by atoms with E-state index in [-0.39, 0.29) is 5.82 Å². The number of aryl methyl sites for hydroxylation is 1. The number of aliphatic imine (C=N–C) groups is 1. The van der Waals surface area contributed by atoms with E-state index in [9.17, 15) is 4.39 Å². The molecule has 0 spiro atoms. The molecule has 1 N–H and O–H groups in total. The smallest absolute Gasteiger partial charge is 0.194 e. The lowest BCUT2D eigenvalue weighted by molar-refractivity contribution is 0.447. The number of guanidine groups is 1. The Balaban J connectivity index is 1.98. The lowest BCUT2D eigenvalue weighted by atomic mass is 10.2. The predicted molar refractivity (Wildman–Crippen MR) is 86.8 cm³/mol. The Kier molecular flexibility index (Phi) is 5.48. The van der Waals surface area contributed by atoms with Gasteiger partial charge in [-0.3, -0.25) is 9.67 Å². The normalized spacial score (nSPS) is 11.6. The Labute approximate surface area is 137 Å². The molecule has 0 aliphatic carbocycles. The SMILES string of the molecule is CN=C(NCc1ccc(Br)cc1F)N(C)Cc1ncnn1C. The molecule has 0 aliphatic rings. The summed E-state index contributed by atoms with van der Waals surface area (Å²) in [5.74, 6) is 1.22. The highest BCUT2D eigenvalue weighted by Gasteiger charge is 2.11. The van der Waals surface area contributed by atoms with Gasteiger partial charge in [-0.05, 0) is 12.1 Å². The van der Waals surface area contributed by atoms with E-state index in [1.807, 2.05) is 25.1 Å². The fourth-order valence-corrected chi connectivity index (χ4v) is 2.31. The van der Waals surface area contributed by atoms with Crippen molar-refractivity contribution >= 4 is 21.9 Å². The Morgan fingerprint density at radius 2 is 2.27 bits per heavy atom. The molecule has 2 aromatic rings. The maximum absolute atomic E-state index is 13.8. The topological polar surface area (TPSA) is 58.3 Å². The second-order valence-electron chi connectivity index (χ2n) is 4.79. The van der Waals surface area contributed by atoms with Gasteiger partial charge in [0.1, 0.15) is 18.0 Å². The Hall–Kier alpha value is -1.96. The van der Waals surface area contributed by atoms with Gasteiger partial charge in [0, 0.05) is 37.7 Å². The van der Waals surface area contributed by atoms with E-state index in [0.717, 1.165) is 10.3 Å². The summed E-state index contributed by atoms with van der Waals surface area (Å²) in [5.41, 5.74) is 0.580. The van der Waals surface area contributed by atoms with Crippen molar-refractivity contribution in [2.45, 2.75) is 13.1 Å². The number of nitrogens with one attached hydrogen (secondary N) is 1. The average molecular weight is 369 g/mol. The van der Waals surface area contributed by atoms with Crippen LogP contribution in [0.5, 0.6) is 0 Å². The average Bonchev–Trinajstić information content (AvgIpc) is 2.87. The van der Waals surface area contributed by atoms with Crippen molar-refractivity contribution in [3.05, 3.63) is 46.2 Å². The first kappa shape index (κ1) is 16.4. The van der Waals surface area contributed by atoms with Crippen LogP contribution in [-0.2, 0) is 20.1 Å². The summed E-state index contributed by atoms with van der Waals surface area (Å²) < 4.78 is 16.2. The Morgan fingerprint density at radius 1 is 1.50 bits per heavy atom. The maximum atomic E-state index is 13.8. The molecule has 0 saturated carbocycles. The molecule has 6 nitrogen and oxygen atoms in total. The summed E-state index contributed by atoms with van der Waals surface area (Å²) in [6, 6.07) is 5.00. The number of aromatic nitrogens is 3. The third-order valence-corrected chi connectivity index (χ3v) is 3.70. The lowest BCUT2D eigenvalue weighted by Gasteiger charge is -2.21. The van der Waals surface area contributed by atoms with E-state index in [1.54, 1.807) is 17.8 Å². The van der Waals surface area contributed by atoms with E-state index >= 15 is 0 Å². The van der Waals surface area contributed by atoms with Gasteiger partial charge in [-0.15, -0.1) is 0 Å². The summed E-state index contributed by atoms with van der Waals surface area (Å²) in [5, 5.41) is 7.17. The molecule has 118 valence electrons. The zero-order valence-corrected chi connectivity index (χ0v) is 14.3. The minimum absolute atomic E-state index is 0.256. The van der Waals surface area contributed by atoms with Gasteiger partial charge in [-0.2, -0.15) is 5.10 Å². The predicted octanol–water partition coefficient (Wildman–Crippen LogP) is 1.92. The lowest BCUT2D eigenvalue weighted by Crippen LogP contribution is -2.38. The quantitative estimate of drug-likeness (QED) is 0.661. The van der Waals surface area contributed by atoms with Crippen LogP contribution in [0, 0.1) is 5.82 Å². The standard InChI is InChI=1S/C14H18BrFN6/c1-17-14(21(2)8-13-19-9-20-22(13)3)18-7-10-4-5-11(15)6-12(10)16/h4-6,9H,7-8H2,1-3H3,(H,17,18). The molecule has 1 heterocycles. The molecule has 22 heavy (non-hydrogen) atoms. The number of nitrogens with zero attached hydrogens (tertiary/aromatic N) is 5. The van der Waals surface area contributed by atoms with Crippen LogP contribution in [0.2, 0.25) is 0 Å². The van der Waals surface area contributed by atoms with E-state index in [1.165, 1.54) is 12.4 Å². The van der Waals surface area contributed by atoms with Gasteiger partial charge in [-0.1, -0.05) is 22.0 Å². The van der Waals surface area contributed by atoms with Gasteiger partial charge in [-0.25, -0.2) is 9.37 Å². The molecule has 0 amide bonds. The summed E-state index contributed by atoms with van der Waals surface area (Å²) in [6.45, 7) is 0.911. The molecule has 0 radical (unpaired) electrons. The van der Waals surface area contributed by atoms with Crippen molar-refractivity contribution in [1.82, 2.24) is 25.0 Å². The van der Waals surface area contributed by atoms with Crippen LogP contribution < -0.4 is 5.32 Å². The Bertz CT molecular complexity index is 669. The van der Waals surface area contributed by atoms with Crippen molar-refractivity contribution in [2.75, 3.05) is 14.1 Å². The zero-order chi connectivity index (χ0) is 16.1. The minimum Gasteiger partial charge on any atom is -0.352 e. The van der Waals surface area contributed by atoms with Crippen molar-refractivity contribution in [3.8, 4) is 0 Å². The number of benzene rings is 1. The zero-order valence-electron chi connectivity index (χ0n) is 12.7. The first-order chi connectivity index (χ1) is 10.5. The highest BCUT2D eigenvalue weighted by Crippen LogP contribution is 2.15. The van der Waals surface area contributed by atoms with E-state index in [0.29, 0.717) is 24.6 Å². The molecular weight excluding hydrogens is 351 g/mol. The third kappa shape index (κ3) is 4.03. The molecule has 0 aliphatic heterocycles. The monoisotopic (exact) mass is 368 g/mol. The van der Waals surface area contributed by atoms with Crippen LogP contribution in [0.25, 0.3) is 0 Å². The van der Waals surface area contributed by atoms with Crippen molar-refractivity contribution < 1.29 is 4.39 Å².